The van der Waals surface area contributed by atoms with Gasteiger partial charge >= 0.3 is 0 Å². The maximum atomic E-state index is 11.9. The van der Waals surface area contributed by atoms with Crippen LogP contribution in [0.1, 0.15) is 24.2 Å². The number of pyridine rings is 1. The van der Waals surface area contributed by atoms with Crippen LogP contribution in [0.4, 0.5) is 0 Å². The molecule has 1 aliphatic heterocycles. The zero-order chi connectivity index (χ0) is 16.4. The monoisotopic (exact) mass is 340 g/mol. The minimum absolute atomic E-state index is 0.00386. The van der Waals surface area contributed by atoms with Gasteiger partial charge in [0.2, 0.25) is 10.0 Å². The molecular weight excluding hydrogens is 316 g/mol. The van der Waals surface area contributed by atoms with Crippen LogP contribution >= 0.6 is 0 Å². The van der Waals surface area contributed by atoms with Gasteiger partial charge in [-0.25, -0.2) is 8.42 Å². The van der Waals surface area contributed by atoms with E-state index in [2.05, 4.69) is 4.98 Å². The van der Waals surface area contributed by atoms with Crippen molar-refractivity contribution in [2.45, 2.75) is 38.5 Å². The summed E-state index contributed by atoms with van der Waals surface area (Å²) in [7, 11) is -3.17. The number of aryl methyl sites for hydroxylation is 1. The molecule has 0 spiro atoms. The Labute approximate surface area is 137 Å². The molecule has 1 saturated heterocycles. The summed E-state index contributed by atoms with van der Waals surface area (Å²) in [5.41, 5.74) is 1.91. The van der Waals surface area contributed by atoms with Crippen LogP contribution in [0.15, 0.2) is 18.2 Å². The first kappa shape index (κ1) is 16.8. The van der Waals surface area contributed by atoms with E-state index in [4.69, 9.17) is 9.47 Å². The number of hydrogen-bond acceptors (Lipinski definition) is 5. The highest BCUT2D eigenvalue weighted by molar-refractivity contribution is 7.88. The lowest BCUT2D eigenvalue weighted by atomic mass is 10.1. The second-order valence-corrected chi connectivity index (χ2v) is 8.41. The van der Waals surface area contributed by atoms with E-state index in [0.717, 1.165) is 24.2 Å². The Hall–Kier alpha value is -1.02. The van der Waals surface area contributed by atoms with Crippen molar-refractivity contribution in [3.05, 3.63) is 29.6 Å². The summed E-state index contributed by atoms with van der Waals surface area (Å²) in [4.78, 5) is 4.42. The van der Waals surface area contributed by atoms with E-state index in [0.29, 0.717) is 32.3 Å². The largest absolute Gasteiger partial charge is 0.375 e. The molecular formula is C16H24N2O4S. The Morgan fingerprint density at radius 2 is 2.22 bits per heavy atom. The van der Waals surface area contributed by atoms with Gasteiger partial charge < -0.3 is 9.47 Å². The molecule has 2 fully saturated rings. The van der Waals surface area contributed by atoms with E-state index in [1.54, 1.807) is 4.31 Å². The van der Waals surface area contributed by atoms with E-state index in [-0.39, 0.29) is 12.1 Å². The SMILES string of the molecule is Cc1cccc(COC[C@@H]2C[C@@H]3OCCN(S(C)(=O)=O)[C@@H]3C2)n1. The van der Waals surface area contributed by atoms with E-state index < -0.39 is 10.0 Å². The smallest absolute Gasteiger partial charge is 0.211 e. The summed E-state index contributed by atoms with van der Waals surface area (Å²) in [5.74, 6) is 0.331. The first-order valence-electron chi connectivity index (χ1n) is 8.02. The lowest BCUT2D eigenvalue weighted by Crippen LogP contribution is -2.50. The Kier molecular flexibility index (Phi) is 5.01. The molecule has 6 nitrogen and oxygen atoms in total. The van der Waals surface area contributed by atoms with Crippen molar-refractivity contribution in [1.29, 1.82) is 0 Å². The van der Waals surface area contributed by atoms with Gasteiger partial charge in [-0.3, -0.25) is 4.98 Å². The molecule has 23 heavy (non-hydrogen) atoms. The molecule has 128 valence electrons. The Morgan fingerprint density at radius 3 is 2.96 bits per heavy atom. The van der Waals surface area contributed by atoms with Crippen molar-refractivity contribution >= 4 is 10.0 Å². The molecule has 0 radical (unpaired) electrons. The third-order valence-electron chi connectivity index (χ3n) is 4.56. The van der Waals surface area contributed by atoms with Gasteiger partial charge in [0.1, 0.15) is 0 Å². The van der Waals surface area contributed by atoms with Crippen LogP contribution in [0.3, 0.4) is 0 Å². The minimum Gasteiger partial charge on any atom is -0.375 e. The van der Waals surface area contributed by atoms with Gasteiger partial charge in [-0.15, -0.1) is 0 Å². The summed E-state index contributed by atoms with van der Waals surface area (Å²) < 4.78 is 37.0. The van der Waals surface area contributed by atoms with Crippen molar-refractivity contribution in [1.82, 2.24) is 9.29 Å². The minimum atomic E-state index is -3.17. The number of aromatic nitrogens is 1. The lowest BCUT2D eigenvalue weighted by Gasteiger charge is -2.35. The van der Waals surface area contributed by atoms with E-state index >= 15 is 0 Å². The van der Waals surface area contributed by atoms with Gasteiger partial charge in [-0.05, 0) is 37.8 Å². The number of morpholine rings is 1. The summed E-state index contributed by atoms with van der Waals surface area (Å²) >= 11 is 0. The van der Waals surface area contributed by atoms with Gasteiger partial charge in [0.15, 0.2) is 0 Å². The highest BCUT2D eigenvalue weighted by Crippen LogP contribution is 2.35. The Bertz CT molecular complexity index is 649. The van der Waals surface area contributed by atoms with Crippen LogP contribution in [0.25, 0.3) is 0 Å². The summed E-state index contributed by atoms with van der Waals surface area (Å²) in [6.07, 6.45) is 2.95. The van der Waals surface area contributed by atoms with Crippen LogP contribution < -0.4 is 0 Å². The van der Waals surface area contributed by atoms with Crippen LogP contribution in [0.2, 0.25) is 0 Å². The summed E-state index contributed by atoms with van der Waals surface area (Å²) in [6, 6.07) is 5.85. The molecule has 0 N–H and O–H groups in total. The third kappa shape index (κ3) is 4.09. The second-order valence-electron chi connectivity index (χ2n) is 6.47. The number of fused-ring (bicyclic) bond motifs is 1. The number of nitrogens with zero attached hydrogens (tertiary/aromatic N) is 2. The fraction of sp³-hybridized carbons (Fsp3) is 0.688. The number of sulfonamides is 1. The van der Waals surface area contributed by atoms with Gasteiger partial charge in [-0.1, -0.05) is 6.07 Å². The molecule has 7 heteroatoms. The second kappa shape index (κ2) is 6.84. The summed E-state index contributed by atoms with van der Waals surface area (Å²) in [5, 5.41) is 0. The van der Waals surface area contributed by atoms with Gasteiger partial charge in [0.25, 0.3) is 0 Å². The van der Waals surface area contributed by atoms with E-state index in [9.17, 15) is 8.42 Å². The Balaban J connectivity index is 1.53. The number of ether oxygens (including phenoxy) is 2. The van der Waals surface area contributed by atoms with Crippen molar-refractivity contribution in [3.8, 4) is 0 Å². The van der Waals surface area contributed by atoms with E-state index in [1.807, 2.05) is 25.1 Å². The molecule has 3 rings (SSSR count). The molecule has 0 unspecified atom stereocenters. The molecule has 0 bridgehead atoms. The number of hydrogen-bond donors (Lipinski definition) is 0. The normalized spacial score (nSPS) is 28.7. The maximum absolute atomic E-state index is 11.9. The lowest BCUT2D eigenvalue weighted by molar-refractivity contribution is -0.0250. The third-order valence-corrected chi connectivity index (χ3v) is 5.86. The zero-order valence-electron chi connectivity index (χ0n) is 13.6. The molecule has 1 saturated carbocycles. The molecule has 1 aromatic rings. The molecule has 3 atom stereocenters. The van der Waals surface area contributed by atoms with Crippen molar-refractivity contribution < 1.29 is 17.9 Å². The van der Waals surface area contributed by atoms with Gasteiger partial charge in [0.05, 0.1) is 43.9 Å². The molecule has 0 aromatic carbocycles. The van der Waals surface area contributed by atoms with Crippen molar-refractivity contribution in [2.75, 3.05) is 26.0 Å². The molecule has 0 amide bonds. The van der Waals surface area contributed by atoms with Gasteiger partial charge in [-0.2, -0.15) is 4.31 Å². The first-order valence-corrected chi connectivity index (χ1v) is 9.87. The number of rotatable bonds is 5. The fourth-order valence-electron chi connectivity index (χ4n) is 3.58. The van der Waals surface area contributed by atoms with E-state index in [1.165, 1.54) is 6.26 Å². The standard InChI is InChI=1S/C16H24N2O4S/c1-12-4-3-5-14(17-12)11-21-10-13-8-15-16(9-13)22-7-6-18(15)23(2,19)20/h3-5,13,15-16H,6-11H2,1-2H3/t13-,15+,16-/m0/s1. The van der Waals surface area contributed by atoms with Crippen molar-refractivity contribution in [2.24, 2.45) is 5.92 Å². The average Bonchev–Trinajstić information content (AvgIpc) is 2.88. The molecule has 1 aromatic heterocycles. The Morgan fingerprint density at radius 1 is 1.39 bits per heavy atom. The average molecular weight is 340 g/mol. The van der Waals surface area contributed by atoms with Crippen molar-refractivity contribution in [3.63, 3.8) is 0 Å². The predicted molar refractivity (Wildman–Crippen MR) is 86.4 cm³/mol. The highest BCUT2D eigenvalue weighted by Gasteiger charge is 2.44. The maximum Gasteiger partial charge on any atom is 0.211 e. The quantitative estimate of drug-likeness (QED) is 0.809. The molecule has 1 aliphatic carbocycles. The van der Waals surface area contributed by atoms with Crippen LogP contribution in [-0.4, -0.2) is 55.9 Å². The predicted octanol–water partition coefficient (Wildman–Crippen LogP) is 1.35. The van der Waals surface area contributed by atoms with Crippen LogP contribution in [0, 0.1) is 12.8 Å². The van der Waals surface area contributed by atoms with Crippen LogP contribution in [0.5, 0.6) is 0 Å². The molecule has 2 heterocycles. The highest BCUT2D eigenvalue weighted by atomic mass is 32.2. The first-order chi connectivity index (χ1) is 10.9. The van der Waals surface area contributed by atoms with Crippen LogP contribution in [-0.2, 0) is 26.1 Å². The summed E-state index contributed by atoms with van der Waals surface area (Å²) in [6.45, 7) is 4.01. The topological polar surface area (TPSA) is 68.7 Å². The fourth-order valence-corrected chi connectivity index (χ4v) is 4.69. The van der Waals surface area contributed by atoms with Gasteiger partial charge in [0, 0.05) is 12.2 Å². The zero-order valence-corrected chi connectivity index (χ0v) is 14.5. The molecule has 2 aliphatic rings.